The summed E-state index contributed by atoms with van der Waals surface area (Å²) in [6.07, 6.45) is 2.01. The molecule has 1 aromatic rings. The second-order valence-electron chi connectivity index (χ2n) is 5.25. The third-order valence-electron chi connectivity index (χ3n) is 3.92. The molecule has 1 unspecified atom stereocenters. The fourth-order valence-electron chi connectivity index (χ4n) is 2.75. The Bertz CT molecular complexity index is 610. The van der Waals surface area contributed by atoms with E-state index in [2.05, 4.69) is 9.88 Å². The third-order valence-corrected chi connectivity index (χ3v) is 4.14. The van der Waals surface area contributed by atoms with Crippen molar-refractivity contribution >= 4 is 29.1 Å². The number of hydrogen-bond acceptors (Lipinski definition) is 4. The molecule has 3 aliphatic rings. The summed E-state index contributed by atoms with van der Waals surface area (Å²) < 4.78 is 5.34. The monoisotopic (exact) mass is 291 g/mol. The third kappa shape index (κ3) is 1.98. The van der Waals surface area contributed by atoms with Gasteiger partial charge in [-0.2, -0.15) is 0 Å². The first kappa shape index (κ1) is 12.2. The molecule has 4 rings (SSSR count). The second-order valence-corrected chi connectivity index (χ2v) is 5.68. The molecule has 0 aromatic carbocycles. The first-order chi connectivity index (χ1) is 9.72. The lowest BCUT2D eigenvalue weighted by molar-refractivity contribution is -0.114. The lowest BCUT2D eigenvalue weighted by Gasteiger charge is -2.29. The highest BCUT2D eigenvalue weighted by atomic mass is 35.5. The van der Waals surface area contributed by atoms with Crippen molar-refractivity contribution in [2.75, 3.05) is 42.6 Å². The van der Waals surface area contributed by atoms with Crippen LogP contribution >= 0.6 is 11.6 Å². The van der Waals surface area contributed by atoms with Crippen LogP contribution in [0.15, 0.2) is 23.8 Å². The number of rotatable bonds is 2. The van der Waals surface area contributed by atoms with Crippen LogP contribution in [-0.2, 0) is 9.53 Å². The summed E-state index contributed by atoms with van der Waals surface area (Å²) in [5.41, 5.74) is 0.916. The molecule has 1 atom stereocenters. The van der Waals surface area contributed by atoms with Gasteiger partial charge in [-0.1, -0.05) is 17.7 Å². The van der Waals surface area contributed by atoms with Gasteiger partial charge in [0, 0.05) is 36.1 Å². The molecule has 0 N–H and O–H groups in total. The summed E-state index contributed by atoms with van der Waals surface area (Å²) >= 11 is 6.19. The lowest BCUT2D eigenvalue weighted by atomic mass is 10.3. The Labute approximate surface area is 121 Å². The van der Waals surface area contributed by atoms with Crippen LogP contribution in [0.1, 0.15) is 0 Å². The van der Waals surface area contributed by atoms with Gasteiger partial charge in [0.25, 0.3) is 5.91 Å². The van der Waals surface area contributed by atoms with Crippen molar-refractivity contribution in [1.82, 2.24) is 4.98 Å². The van der Waals surface area contributed by atoms with Gasteiger partial charge in [0.05, 0.1) is 13.2 Å². The molecule has 20 heavy (non-hydrogen) atoms. The van der Waals surface area contributed by atoms with Crippen molar-refractivity contribution in [2.24, 2.45) is 5.92 Å². The molecule has 1 aliphatic carbocycles. The summed E-state index contributed by atoms with van der Waals surface area (Å²) in [6.45, 7) is 3.69. The van der Waals surface area contributed by atoms with Gasteiger partial charge in [0.2, 0.25) is 0 Å². The smallest absolute Gasteiger partial charge is 0.255 e. The van der Waals surface area contributed by atoms with Crippen molar-refractivity contribution in [3.05, 3.63) is 28.8 Å². The van der Waals surface area contributed by atoms with Crippen LogP contribution in [-0.4, -0.2) is 43.7 Å². The Balaban J connectivity index is 1.65. The molecular weight excluding hydrogens is 278 g/mol. The number of halogens is 1. The number of amides is 1. The normalized spacial score (nSPS) is 24.8. The van der Waals surface area contributed by atoms with Gasteiger partial charge in [0.15, 0.2) is 0 Å². The van der Waals surface area contributed by atoms with Gasteiger partial charge >= 0.3 is 0 Å². The van der Waals surface area contributed by atoms with Crippen LogP contribution in [0.3, 0.4) is 0 Å². The average Bonchev–Trinajstić information content (AvgIpc) is 3.17. The number of nitrogens with zero attached hydrogens (tertiary/aromatic N) is 3. The summed E-state index contributed by atoms with van der Waals surface area (Å²) in [6, 6.07) is 3.60. The molecular formula is C14H14ClN3O2. The predicted octanol–water partition coefficient (Wildman–Crippen LogP) is 1.47. The van der Waals surface area contributed by atoms with E-state index in [1.165, 1.54) is 0 Å². The van der Waals surface area contributed by atoms with Crippen molar-refractivity contribution in [3.8, 4) is 0 Å². The zero-order chi connectivity index (χ0) is 13.7. The van der Waals surface area contributed by atoms with E-state index in [-0.39, 0.29) is 5.91 Å². The van der Waals surface area contributed by atoms with Gasteiger partial charge in [-0.3, -0.25) is 9.69 Å². The van der Waals surface area contributed by atoms with E-state index in [1.807, 2.05) is 12.1 Å². The number of ether oxygens (including phenoxy) is 1. The highest BCUT2D eigenvalue weighted by Crippen LogP contribution is 2.40. The van der Waals surface area contributed by atoms with Crippen molar-refractivity contribution in [3.63, 3.8) is 0 Å². The number of anilines is 2. The molecule has 0 radical (unpaired) electrons. The van der Waals surface area contributed by atoms with Gasteiger partial charge < -0.3 is 9.64 Å². The first-order valence-electron chi connectivity index (χ1n) is 6.76. The Morgan fingerprint density at radius 2 is 2.00 bits per heavy atom. The molecule has 0 bridgehead atoms. The Kier molecular flexibility index (Phi) is 2.72. The molecule has 5 nitrogen and oxygen atoms in total. The number of fused-ring (bicyclic) bond motifs is 1. The van der Waals surface area contributed by atoms with Crippen molar-refractivity contribution in [2.45, 2.75) is 0 Å². The van der Waals surface area contributed by atoms with E-state index >= 15 is 0 Å². The van der Waals surface area contributed by atoms with Crippen molar-refractivity contribution in [1.29, 1.82) is 0 Å². The topological polar surface area (TPSA) is 45.7 Å². The van der Waals surface area contributed by atoms with Crippen LogP contribution in [0.2, 0.25) is 5.02 Å². The molecule has 0 spiro atoms. The van der Waals surface area contributed by atoms with Crippen LogP contribution in [0.5, 0.6) is 0 Å². The molecule has 2 saturated heterocycles. The Hall–Kier alpha value is -1.59. The number of hydrogen-bond donors (Lipinski definition) is 0. The molecule has 1 aromatic heterocycles. The Morgan fingerprint density at radius 3 is 2.70 bits per heavy atom. The molecule has 2 aliphatic heterocycles. The SMILES string of the molecule is O=C1C2=CC2CN1c1cc(Cl)cc(N2CCOCC2)n1. The van der Waals surface area contributed by atoms with Crippen LogP contribution in [0, 0.1) is 5.92 Å². The van der Waals surface area contributed by atoms with Crippen molar-refractivity contribution < 1.29 is 9.53 Å². The van der Waals surface area contributed by atoms with Gasteiger partial charge in [-0.15, -0.1) is 0 Å². The first-order valence-corrected chi connectivity index (χ1v) is 7.14. The second kappa shape index (κ2) is 4.46. The van der Waals surface area contributed by atoms with Crippen LogP contribution < -0.4 is 9.80 Å². The minimum Gasteiger partial charge on any atom is -0.378 e. The molecule has 0 saturated carbocycles. The van der Waals surface area contributed by atoms with E-state index in [1.54, 1.807) is 11.0 Å². The van der Waals surface area contributed by atoms with E-state index in [4.69, 9.17) is 16.3 Å². The largest absolute Gasteiger partial charge is 0.378 e. The van der Waals surface area contributed by atoms with Gasteiger partial charge in [-0.05, 0) is 12.1 Å². The zero-order valence-electron chi connectivity index (χ0n) is 10.9. The highest BCUT2D eigenvalue weighted by Gasteiger charge is 2.43. The Morgan fingerprint density at radius 1 is 1.25 bits per heavy atom. The van der Waals surface area contributed by atoms with E-state index in [0.29, 0.717) is 36.5 Å². The number of morpholine rings is 1. The van der Waals surface area contributed by atoms with Gasteiger partial charge in [-0.25, -0.2) is 4.98 Å². The number of carbonyl (C=O) groups excluding carboxylic acids is 1. The fourth-order valence-corrected chi connectivity index (χ4v) is 2.94. The van der Waals surface area contributed by atoms with E-state index in [9.17, 15) is 4.79 Å². The summed E-state index contributed by atoms with van der Waals surface area (Å²) in [7, 11) is 0. The van der Waals surface area contributed by atoms with E-state index < -0.39 is 0 Å². The zero-order valence-corrected chi connectivity index (χ0v) is 11.6. The average molecular weight is 292 g/mol. The van der Waals surface area contributed by atoms with Crippen LogP contribution in [0.4, 0.5) is 11.6 Å². The quantitative estimate of drug-likeness (QED) is 0.828. The maximum Gasteiger partial charge on any atom is 0.255 e. The molecule has 104 valence electrons. The maximum atomic E-state index is 12.1. The fraction of sp³-hybridized carbons (Fsp3) is 0.429. The number of aromatic nitrogens is 1. The minimum atomic E-state index is 0.0673. The molecule has 2 fully saturated rings. The number of pyridine rings is 1. The lowest BCUT2D eigenvalue weighted by Crippen LogP contribution is -2.37. The summed E-state index contributed by atoms with van der Waals surface area (Å²) in [5.74, 6) is 1.86. The van der Waals surface area contributed by atoms with Gasteiger partial charge in [0.1, 0.15) is 11.6 Å². The molecule has 1 amide bonds. The summed E-state index contributed by atoms with van der Waals surface area (Å²) in [4.78, 5) is 20.6. The van der Waals surface area contributed by atoms with E-state index in [0.717, 1.165) is 24.5 Å². The summed E-state index contributed by atoms with van der Waals surface area (Å²) in [5, 5.41) is 0.610. The minimum absolute atomic E-state index is 0.0673. The highest BCUT2D eigenvalue weighted by molar-refractivity contribution is 6.31. The number of carbonyl (C=O) groups is 1. The molecule has 6 heteroatoms. The van der Waals surface area contributed by atoms with Crippen LogP contribution in [0.25, 0.3) is 0 Å². The predicted molar refractivity (Wildman–Crippen MR) is 76.2 cm³/mol. The standard InChI is InChI=1S/C14H14ClN3O2/c15-10-6-12(17-1-3-20-4-2-17)16-13(7-10)18-8-9-5-11(9)14(18)19/h5-7,9H,1-4,8H2. The maximum absolute atomic E-state index is 12.1. The molecule has 3 heterocycles.